The van der Waals surface area contributed by atoms with Crippen molar-refractivity contribution in [2.24, 2.45) is 0 Å². The first-order valence-corrected chi connectivity index (χ1v) is 6.55. The zero-order valence-electron chi connectivity index (χ0n) is 12.3. The van der Waals surface area contributed by atoms with Gasteiger partial charge in [0, 0.05) is 12.6 Å². The van der Waals surface area contributed by atoms with Crippen LogP contribution in [0.5, 0.6) is 5.75 Å². The molecule has 1 amide bonds. The molecule has 0 saturated heterocycles. The van der Waals surface area contributed by atoms with Crippen LogP contribution in [0.2, 0.25) is 0 Å². The first-order valence-electron chi connectivity index (χ1n) is 6.55. The van der Waals surface area contributed by atoms with Crippen molar-refractivity contribution in [1.82, 2.24) is 4.90 Å². The summed E-state index contributed by atoms with van der Waals surface area (Å²) in [7, 11) is 1.48. The summed E-state index contributed by atoms with van der Waals surface area (Å²) < 4.78 is 5.47. The van der Waals surface area contributed by atoms with Crippen LogP contribution in [0.3, 0.4) is 0 Å². The topological polar surface area (TPSA) is 66.8 Å². The Morgan fingerprint density at radius 1 is 1.35 bits per heavy atom. The monoisotopic (exact) mass is 279 g/mol. The molecule has 20 heavy (non-hydrogen) atoms. The minimum Gasteiger partial charge on any atom is -0.494 e. The Bertz CT molecular complexity index is 496. The number of benzene rings is 1. The Kier molecular flexibility index (Phi) is 5.13. The third-order valence-corrected chi connectivity index (χ3v) is 3.22. The number of hydrogen-bond donors (Lipinski definition) is 1. The maximum Gasteiger partial charge on any atom is 0.329 e. The van der Waals surface area contributed by atoms with Crippen LogP contribution in [-0.4, -0.2) is 41.1 Å². The highest BCUT2D eigenvalue weighted by atomic mass is 16.5. The number of nitrogens with zero attached hydrogens (tertiary/aromatic N) is 1. The Hall–Kier alpha value is -2.04. The standard InChI is InChI=1S/C15H21NO4/c1-5-9-20-12-8-6-7-11(10-12)13(17)16(4)15(2,3)14(18)19/h6-8,10H,5,9H2,1-4H3,(H,18,19). The lowest BCUT2D eigenvalue weighted by molar-refractivity contribution is -0.147. The van der Waals surface area contributed by atoms with E-state index >= 15 is 0 Å². The number of carbonyl (C=O) groups excluding carboxylic acids is 1. The third kappa shape index (κ3) is 3.50. The second-order valence-electron chi connectivity index (χ2n) is 5.10. The van der Waals surface area contributed by atoms with Crippen LogP contribution in [0.1, 0.15) is 37.6 Å². The first kappa shape index (κ1) is 16.0. The van der Waals surface area contributed by atoms with Crippen LogP contribution in [0.4, 0.5) is 0 Å². The Balaban J connectivity index is 2.94. The molecule has 0 bridgehead atoms. The Morgan fingerprint density at radius 3 is 2.55 bits per heavy atom. The van der Waals surface area contributed by atoms with Crippen molar-refractivity contribution in [3.05, 3.63) is 29.8 Å². The van der Waals surface area contributed by atoms with Crippen molar-refractivity contribution < 1.29 is 19.4 Å². The molecule has 0 aliphatic carbocycles. The van der Waals surface area contributed by atoms with E-state index in [0.717, 1.165) is 6.42 Å². The van der Waals surface area contributed by atoms with Crippen molar-refractivity contribution in [3.63, 3.8) is 0 Å². The van der Waals surface area contributed by atoms with E-state index in [-0.39, 0.29) is 5.91 Å². The van der Waals surface area contributed by atoms with Gasteiger partial charge in [-0.15, -0.1) is 0 Å². The zero-order chi connectivity index (χ0) is 15.3. The van der Waals surface area contributed by atoms with Gasteiger partial charge in [0.05, 0.1) is 6.61 Å². The number of hydrogen-bond acceptors (Lipinski definition) is 3. The molecule has 0 unspecified atom stereocenters. The minimum atomic E-state index is -1.27. The maximum atomic E-state index is 12.3. The molecule has 0 heterocycles. The van der Waals surface area contributed by atoms with E-state index in [4.69, 9.17) is 9.84 Å². The minimum absolute atomic E-state index is 0.348. The van der Waals surface area contributed by atoms with Crippen LogP contribution in [0.15, 0.2) is 24.3 Å². The average molecular weight is 279 g/mol. The van der Waals surface area contributed by atoms with E-state index in [1.807, 2.05) is 6.92 Å². The third-order valence-electron chi connectivity index (χ3n) is 3.22. The zero-order valence-corrected chi connectivity index (χ0v) is 12.3. The lowest BCUT2D eigenvalue weighted by Crippen LogP contribution is -2.50. The van der Waals surface area contributed by atoms with E-state index in [9.17, 15) is 9.59 Å². The summed E-state index contributed by atoms with van der Waals surface area (Å²) in [5, 5.41) is 9.16. The number of carbonyl (C=O) groups is 2. The van der Waals surface area contributed by atoms with E-state index in [0.29, 0.717) is 17.9 Å². The van der Waals surface area contributed by atoms with Crippen LogP contribution < -0.4 is 4.74 Å². The molecule has 0 aromatic heterocycles. The number of likely N-dealkylation sites (N-methyl/N-ethyl adjacent to an activating group) is 1. The Morgan fingerprint density at radius 2 is 2.00 bits per heavy atom. The fourth-order valence-corrected chi connectivity index (χ4v) is 1.53. The molecule has 1 aromatic rings. The predicted molar refractivity (Wildman–Crippen MR) is 76.0 cm³/mol. The van der Waals surface area contributed by atoms with Gasteiger partial charge in [-0.25, -0.2) is 4.79 Å². The fraction of sp³-hybridized carbons (Fsp3) is 0.467. The molecule has 1 N–H and O–H groups in total. The summed E-state index contributed by atoms with van der Waals surface area (Å²) in [5.74, 6) is -0.787. The summed E-state index contributed by atoms with van der Waals surface area (Å²) in [6.45, 7) is 5.56. The molecule has 0 atom stereocenters. The van der Waals surface area contributed by atoms with Gasteiger partial charge >= 0.3 is 5.97 Å². The number of aliphatic carboxylic acids is 1. The second kappa shape index (κ2) is 6.41. The van der Waals surface area contributed by atoms with Gasteiger partial charge in [0.2, 0.25) is 0 Å². The number of carboxylic acids is 1. The molecule has 110 valence electrons. The molecule has 5 nitrogen and oxygen atoms in total. The molecule has 0 fully saturated rings. The van der Waals surface area contributed by atoms with E-state index < -0.39 is 11.5 Å². The van der Waals surface area contributed by atoms with Crippen LogP contribution in [0.25, 0.3) is 0 Å². The first-order chi connectivity index (χ1) is 9.30. The summed E-state index contributed by atoms with van der Waals surface area (Å²) >= 11 is 0. The average Bonchev–Trinajstić information content (AvgIpc) is 2.43. The van der Waals surface area contributed by atoms with Crippen molar-refractivity contribution >= 4 is 11.9 Å². The van der Waals surface area contributed by atoms with Crippen molar-refractivity contribution in [3.8, 4) is 5.75 Å². The van der Waals surface area contributed by atoms with E-state index in [1.165, 1.54) is 25.8 Å². The normalized spacial score (nSPS) is 11.0. The summed E-state index contributed by atoms with van der Waals surface area (Å²) in [5.41, 5.74) is -0.854. The number of rotatable bonds is 6. The largest absolute Gasteiger partial charge is 0.494 e. The molecule has 0 aliphatic heterocycles. The van der Waals surface area contributed by atoms with Gasteiger partial charge in [-0.05, 0) is 38.5 Å². The molecule has 0 saturated carbocycles. The van der Waals surface area contributed by atoms with Crippen molar-refractivity contribution in [2.75, 3.05) is 13.7 Å². The highest BCUT2D eigenvalue weighted by Crippen LogP contribution is 2.19. The number of amides is 1. The fourth-order valence-electron chi connectivity index (χ4n) is 1.53. The summed E-state index contributed by atoms with van der Waals surface area (Å²) in [4.78, 5) is 24.7. The second-order valence-corrected chi connectivity index (χ2v) is 5.10. The summed E-state index contributed by atoms with van der Waals surface area (Å²) in [6, 6.07) is 6.77. The molecule has 1 rings (SSSR count). The van der Waals surface area contributed by atoms with Crippen LogP contribution in [0, 0.1) is 0 Å². The smallest absolute Gasteiger partial charge is 0.329 e. The van der Waals surface area contributed by atoms with Gasteiger partial charge in [0.25, 0.3) is 5.91 Å². The molecule has 0 radical (unpaired) electrons. The molecule has 0 aliphatic rings. The highest BCUT2D eigenvalue weighted by molar-refractivity contribution is 5.97. The Labute approximate surface area is 119 Å². The highest BCUT2D eigenvalue weighted by Gasteiger charge is 2.35. The molecule has 1 aromatic carbocycles. The molecular weight excluding hydrogens is 258 g/mol. The van der Waals surface area contributed by atoms with E-state index in [2.05, 4.69) is 0 Å². The van der Waals surface area contributed by atoms with Crippen LogP contribution in [-0.2, 0) is 4.79 Å². The van der Waals surface area contributed by atoms with Crippen molar-refractivity contribution in [2.45, 2.75) is 32.7 Å². The lowest BCUT2D eigenvalue weighted by atomic mass is 10.0. The summed E-state index contributed by atoms with van der Waals surface area (Å²) in [6.07, 6.45) is 0.879. The predicted octanol–water partition coefficient (Wildman–Crippen LogP) is 2.41. The lowest BCUT2D eigenvalue weighted by Gasteiger charge is -2.31. The molecule has 5 heteroatoms. The molecular formula is C15H21NO4. The SMILES string of the molecule is CCCOc1cccc(C(=O)N(C)C(C)(C)C(=O)O)c1. The van der Waals surface area contributed by atoms with Gasteiger partial charge in [-0.3, -0.25) is 4.79 Å². The van der Waals surface area contributed by atoms with Gasteiger partial charge in [0.15, 0.2) is 0 Å². The van der Waals surface area contributed by atoms with Gasteiger partial charge in [0.1, 0.15) is 11.3 Å². The molecule has 0 spiro atoms. The number of ether oxygens (including phenoxy) is 1. The van der Waals surface area contributed by atoms with Gasteiger partial charge in [-0.1, -0.05) is 13.0 Å². The quantitative estimate of drug-likeness (QED) is 0.868. The maximum absolute atomic E-state index is 12.3. The number of carboxylic acid groups (broad SMARTS) is 1. The van der Waals surface area contributed by atoms with E-state index in [1.54, 1.807) is 24.3 Å². The van der Waals surface area contributed by atoms with Crippen LogP contribution >= 0.6 is 0 Å². The van der Waals surface area contributed by atoms with Crippen molar-refractivity contribution in [1.29, 1.82) is 0 Å². The van der Waals surface area contributed by atoms with Gasteiger partial charge in [-0.2, -0.15) is 0 Å². The van der Waals surface area contributed by atoms with Gasteiger partial charge < -0.3 is 14.7 Å².